The van der Waals surface area contributed by atoms with Crippen LogP contribution in [0, 0.1) is 5.92 Å². The van der Waals surface area contributed by atoms with Gasteiger partial charge in [-0.05, 0) is 25.7 Å². The van der Waals surface area contributed by atoms with Gasteiger partial charge in [-0.1, -0.05) is 26.0 Å². The zero-order valence-corrected chi connectivity index (χ0v) is 7.17. The Morgan fingerprint density at radius 2 is 1.90 bits per heavy atom. The number of aliphatic hydroxyl groups is 1. The van der Waals surface area contributed by atoms with Crippen molar-refractivity contribution in [1.29, 1.82) is 0 Å². The molecule has 0 aromatic heterocycles. The highest BCUT2D eigenvalue weighted by atomic mass is 16.3. The molecule has 1 N–H and O–H groups in total. The zero-order chi connectivity index (χ0) is 7.98. The van der Waals surface area contributed by atoms with Crippen molar-refractivity contribution in [3.8, 4) is 0 Å². The van der Waals surface area contributed by atoms with Gasteiger partial charge in [0, 0.05) is 0 Å². The fraction of sp³-hybridized carbons (Fsp3) is 0.778. The SMILES string of the molecule is CC(O)/C=C/CCC(C)C. The molecule has 1 heteroatoms. The summed E-state index contributed by atoms with van der Waals surface area (Å²) in [6.07, 6.45) is 5.89. The molecule has 0 radical (unpaired) electrons. The van der Waals surface area contributed by atoms with E-state index in [1.54, 1.807) is 6.92 Å². The lowest BCUT2D eigenvalue weighted by atomic mass is 10.1. The van der Waals surface area contributed by atoms with Gasteiger partial charge in [-0.3, -0.25) is 0 Å². The highest BCUT2D eigenvalue weighted by Crippen LogP contribution is 2.03. The van der Waals surface area contributed by atoms with Crippen molar-refractivity contribution >= 4 is 0 Å². The molecule has 60 valence electrons. The van der Waals surface area contributed by atoms with Gasteiger partial charge in [0.05, 0.1) is 6.10 Å². The van der Waals surface area contributed by atoms with Crippen LogP contribution in [-0.2, 0) is 0 Å². The molecule has 0 saturated carbocycles. The molecule has 0 bridgehead atoms. The Bertz CT molecular complexity index is 92.9. The van der Waals surface area contributed by atoms with E-state index in [-0.39, 0.29) is 6.10 Å². The minimum Gasteiger partial charge on any atom is -0.389 e. The Balaban J connectivity index is 3.19. The fourth-order valence-corrected chi connectivity index (χ4v) is 0.723. The van der Waals surface area contributed by atoms with E-state index < -0.39 is 0 Å². The average molecular weight is 142 g/mol. The molecule has 1 unspecified atom stereocenters. The summed E-state index contributed by atoms with van der Waals surface area (Å²) in [5, 5.41) is 8.83. The van der Waals surface area contributed by atoms with Crippen LogP contribution in [0.1, 0.15) is 33.6 Å². The van der Waals surface area contributed by atoms with Crippen molar-refractivity contribution < 1.29 is 5.11 Å². The Morgan fingerprint density at radius 1 is 1.30 bits per heavy atom. The maximum Gasteiger partial charge on any atom is 0.0692 e. The van der Waals surface area contributed by atoms with Gasteiger partial charge < -0.3 is 5.11 Å². The van der Waals surface area contributed by atoms with Crippen LogP contribution in [0.3, 0.4) is 0 Å². The van der Waals surface area contributed by atoms with Crippen LogP contribution in [0.25, 0.3) is 0 Å². The first kappa shape index (κ1) is 9.70. The van der Waals surface area contributed by atoms with Crippen molar-refractivity contribution in [3.05, 3.63) is 12.2 Å². The van der Waals surface area contributed by atoms with Crippen LogP contribution in [0.5, 0.6) is 0 Å². The second-order valence-electron chi connectivity index (χ2n) is 3.14. The molecule has 0 spiro atoms. The summed E-state index contributed by atoms with van der Waals surface area (Å²) < 4.78 is 0. The van der Waals surface area contributed by atoms with Gasteiger partial charge in [0.15, 0.2) is 0 Å². The van der Waals surface area contributed by atoms with E-state index in [2.05, 4.69) is 13.8 Å². The predicted molar refractivity (Wildman–Crippen MR) is 44.9 cm³/mol. The Labute approximate surface area is 63.8 Å². The van der Waals surface area contributed by atoms with E-state index in [9.17, 15) is 0 Å². The highest BCUT2D eigenvalue weighted by Gasteiger charge is 1.90. The third-order valence-electron chi connectivity index (χ3n) is 1.33. The highest BCUT2D eigenvalue weighted by molar-refractivity contribution is 4.86. The second kappa shape index (κ2) is 5.48. The topological polar surface area (TPSA) is 20.2 Å². The van der Waals surface area contributed by atoms with Crippen molar-refractivity contribution in [3.63, 3.8) is 0 Å². The summed E-state index contributed by atoms with van der Waals surface area (Å²) in [5.41, 5.74) is 0. The summed E-state index contributed by atoms with van der Waals surface area (Å²) in [4.78, 5) is 0. The van der Waals surface area contributed by atoms with E-state index in [1.165, 1.54) is 6.42 Å². The maximum absolute atomic E-state index is 8.83. The van der Waals surface area contributed by atoms with Gasteiger partial charge in [-0.25, -0.2) is 0 Å². The standard InChI is InChI=1S/C9H18O/c1-8(2)6-4-5-7-9(3)10/h5,7-10H,4,6H2,1-3H3/b7-5+. The van der Waals surface area contributed by atoms with Gasteiger partial charge in [-0.2, -0.15) is 0 Å². The van der Waals surface area contributed by atoms with Gasteiger partial charge >= 0.3 is 0 Å². The van der Waals surface area contributed by atoms with Gasteiger partial charge in [0.1, 0.15) is 0 Å². The van der Waals surface area contributed by atoms with Crippen LogP contribution in [0.15, 0.2) is 12.2 Å². The number of rotatable bonds is 4. The van der Waals surface area contributed by atoms with Crippen molar-refractivity contribution in [2.45, 2.75) is 39.7 Å². The lowest BCUT2D eigenvalue weighted by molar-refractivity contribution is 0.243. The third-order valence-corrected chi connectivity index (χ3v) is 1.33. The second-order valence-corrected chi connectivity index (χ2v) is 3.14. The molecule has 10 heavy (non-hydrogen) atoms. The van der Waals surface area contributed by atoms with Crippen LogP contribution >= 0.6 is 0 Å². The van der Waals surface area contributed by atoms with E-state index in [0.29, 0.717) is 0 Å². The summed E-state index contributed by atoms with van der Waals surface area (Å²) >= 11 is 0. The van der Waals surface area contributed by atoms with Crippen molar-refractivity contribution in [1.82, 2.24) is 0 Å². The normalized spacial score (nSPS) is 14.9. The summed E-state index contributed by atoms with van der Waals surface area (Å²) in [6.45, 7) is 6.18. The van der Waals surface area contributed by atoms with E-state index in [0.717, 1.165) is 12.3 Å². The first-order chi connectivity index (χ1) is 4.63. The Hall–Kier alpha value is -0.300. The number of allylic oxidation sites excluding steroid dienone is 1. The number of aliphatic hydroxyl groups excluding tert-OH is 1. The summed E-state index contributed by atoms with van der Waals surface area (Å²) in [6, 6.07) is 0. The van der Waals surface area contributed by atoms with Crippen molar-refractivity contribution in [2.75, 3.05) is 0 Å². The minimum atomic E-state index is -0.285. The molecule has 1 atom stereocenters. The molecule has 0 aliphatic rings. The Kier molecular flexibility index (Phi) is 5.32. The van der Waals surface area contributed by atoms with Crippen LogP contribution in [0.2, 0.25) is 0 Å². The minimum absolute atomic E-state index is 0.285. The molecule has 0 saturated heterocycles. The Morgan fingerprint density at radius 3 is 2.30 bits per heavy atom. The lowest BCUT2D eigenvalue weighted by Gasteiger charge is -1.99. The monoisotopic (exact) mass is 142 g/mol. The summed E-state index contributed by atoms with van der Waals surface area (Å²) in [7, 11) is 0. The smallest absolute Gasteiger partial charge is 0.0692 e. The molecule has 0 aliphatic carbocycles. The molecule has 0 amide bonds. The maximum atomic E-state index is 8.83. The van der Waals surface area contributed by atoms with Gasteiger partial charge in [-0.15, -0.1) is 0 Å². The third kappa shape index (κ3) is 7.70. The van der Waals surface area contributed by atoms with Crippen LogP contribution in [-0.4, -0.2) is 11.2 Å². The molecule has 0 aromatic carbocycles. The largest absolute Gasteiger partial charge is 0.389 e. The van der Waals surface area contributed by atoms with Crippen LogP contribution < -0.4 is 0 Å². The lowest BCUT2D eigenvalue weighted by Crippen LogP contribution is -1.92. The first-order valence-electron chi connectivity index (χ1n) is 3.97. The summed E-state index contributed by atoms with van der Waals surface area (Å²) in [5.74, 6) is 0.763. The first-order valence-corrected chi connectivity index (χ1v) is 3.97. The molecule has 1 nitrogen and oxygen atoms in total. The average Bonchev–Trinajstić information content (AvgIpc) is 1.79. The molecular formula is C9H18O. The molecule has 0 heterocycles. The van der Waals surface area contributed by atoms with E-state index >= 15 is 0 Å². The quantitative estimate of drug-likeness (QED) is 0.597. The van der Waals surface area contributed by atoms with E-state index in [4.69, 9.17) is 5.11 Å². The van der Waals surface area contributed by atoms with Crippen LogP contribution in [0.4, 0.5) is 0 Å². The predicted octanol–water partition coefficient (Wildman–Crippen LogP) is 2.36. The van der Waals surface area contributed by atoms with E-state index in [1.807, 2.05) is 12.2 Å². The fourth-order valence-electron chi connectivity index (χ4n) is 0.723. The number of hydrogen-bond donors (Lipinski definition) is 1. The molecule has 0 aromatic rings. The molecular weight excluding hydrogens is 124 g/mol. The molecule has 0 rings (SSSR count). The number of hydrogen-bond acceptors (Lipinski definition) is 1. The molecule has 0 fully saturated rings. The van der Waals surface area contributed by atoms with Gasteiger partial charge in [0.2, 0.25) is 0 Å². The zero-order valence-electron chi connectivity index (χ0n) is 7.17. The molecule has 0 aliphatic heterocycles. The van der Waals surface area contributed by atoms with Gasteiger partial charge in [0.25, 0.3) is 0 Å². The van der Waals surface area contributed by atoms with Crippen molar-refractivity contribution in [2.24, 2.45) is 5.92 Å².